The van der Waals surface area contributed by atoms with E-state index in [-0.39, 0.29) is 5.91 Å². The topological polar surface area (TPSA) is 59.9 Å². The molecule has 0 unspecified atom stereocenters. The molecule has 0 heterocycles. The second-order valence-electron chi connectivity index (χ2n) is 5.72. The molecule has 2 rings (SSSR count). The van der Waals surface area contributed by atoms with E-state index in [1.54, 1.807) is 20.4 Å². The fraction of sp³-hybridized carbons (Fsp3) is 0.300. The molecule has 0 aliphatic carbocycles. The van der Waals surface area contributed by atoms with Crippen LogP contribution in [0, 0.1) is 6.92 Å². The van der Waals surface area contributed by atoms with Gasteiger partial charge in [-0.25, -0.2) is 5.43 Å². The Morgan fingerprint density at radius 2 is 1.88 bits per heavy atom. The van der Waals surface area contributed by atoms with Crippen molar-refractivity contribution in [2.75, 3.05) is 14.2 Å². The fourth-order valence-corrected chi connectivity index (χ4v) is 2.40. The molecule has 132 valence electrons. The third-order valence-corrected chi connectivity index (χ3v) is 3.86. The summed E-state index contributed by atoms with van der Waals surface area (Å²) in [6, 6.07) is 13.6. The number of nitrogens with one attached hydrogen (secondary N) is 1. The minimum absolute atomic E-state index is 0.0937. The second kappa shape index (κ2) is 9.47. The summed E-state index contributed by atoms with van der Waals surface area (Å²) in [6.07, 6.45) is 3.66. The van der Waals surface area contributed by atoms with E-state index in [4.69, 9.17) is 9.47 Å². The Kier molecular flexibility index (Phi) is 7.01. The lowest BCUT2D eigenvalue weighted by Gasteiger charge is -2.05. The summed E-state index contributed by atoms with van der Waals surface area (Å²) in [6.45, 7) is 1.98. The van der Waals surface area contributed by atoms with E-state index in [1.165, 1.54) is 5.56 Å². The van der Waals surface area contributed by atoms with Crippen molar-refractivity contribution in [3.05, 3.63) is 59.2 Å². The van der Waals surface area contributed by atoms with Crippen molar-refractivity contribution < 1.29 is 14.3 Å². The van der Waals surface area contributed by atoms with Crippen LogP contribution in [0.15, 0.2) is 47.6 Å². The smallest absolute Gasteiger partial charge is 0.240 e. The molecule has 0 saturated heterocycles. The molecule has 25 heavy (non-hydrogen) atoms. The summed E-state index contributed by atoms with van der Waals surface area (Å²) in [7, 11) is 3.28. The molecule has 1 N–H and O–H groups in total. The van der Waals surface area contributed by atoms with Crippen molar-refractivity contribution in [3.8, 4) is 11.5 Å². The molecule has 0 saturated carbocycles. The molecule has 2 aromatic rings. The van der Waals surface area contributed by atoms with E-state index in [0.717, 1.165) is 35.5 Å². The van der Waals surface area contributed by atoms with E-state index in [0.29, 0.717) is 6.42 Å². The average molecular weight is 340 g/mol. The number of ether oxygens (including phenoxy) is 2. The molecule has 0 aliphatic rings. The molecule has 1 amide bonds. The molecule has 5 heteroatoms. The molecular weight excluding hydrogens is 316 g/mol. The van der Waals surface area contributed by atoms with Crippen LogP contribution in [-0.4, -0.2) is 26.3 Å². The van der Waals surface area contributed by atoms with Crippen LogP contribution in [0.2, 0.25) is 0 Å². The van der Waals surface area contributed by atoms with Crippen molar-refractivity contribution in [3.63, 3.8) is 0 Å². The zero-order valence-electron chi connectivity index (χ0n) is 14.9. The van der Waals surface area contributed by atoms with Gasteiger partial charge in [-0.1, -0.05) is 24.3 Å². The Labute approximate surface area is 148 Å². The highest BCUT2D eigenvalue weighted by Gasteiger charge is 2.02. The van der Waals surface area contributed by atoms with Crippen molar-refractivity contribution >= 4 is 12.1 Å². The average Bonchev–Trinajstić information content (AvgIpc) is 2.63. The van der Waals surface area contributed by atoms with Crippen molar-refractivity contribution in [1.82, 2.24) is 5.43 Å². The van der Waals surface area contributed by atoms with Crippen molar-refractivity contribution in [1.29, 1.82) is 0 Å². The Bertz CT molecular complexity index is 724. The van der Waals surface area contributed by atoms with Crippen LogP contribution in [-0.2, 0) is 11.2 Å². The maximum Gasteiger partial charge on any atom is 0.240 e. The maximum absolute atomic E-state index is 11.8. The van der Waals surface area contributed by atoms with Gasteiger partial charge in [-0.15, -0.1) is 0 Å². The van der Waals surface area contributed by atoms with Gasteiger partial charge in [0.2, 0.25) is 5.91 Å². The van der Waals surface area contributed by atoms with Gasteiger partial charge in [0, 0.05) is 6.42 Å². The lowest BCUT2D eigenvalue weighted by molar-refractivity contribution is -0.121. The number of amides is 1. The van der Waals surface area contributed by atoms with E-state index in [2.05, 4.69) is 10.5 Å². The summed E-state index contributed by atoms with van der Waals surface area (Å²) in [4.78, 5) is 11.8. The third-order valence-electron chi connectivity index (χ3n) is 3.86. The number of benzene rings is 2. The minimum Gasteiger partial charge on any atom is -0.497 e. The van der Waals surface area contributed by atoms with Gasteiger partial charge in [0.05, 0.1) is 20.4 Å². The molecular formula is C20H24N2O3. The summed E-state index contributed by atoms with van der Waals surface area (Å²) < 4.78 is 10.4. The highest BCUT2D eigenvalue weighted by atomic mass is 16.5. The summed E-state index contributed by atoms with van der Waals surface area (Å²) in [5, 5.41) is 4.00. The lowest BCUT2D eigenvalue weighted by Crippen LogP contribution is -2.17. The van der Waals surface area contributed by atoms with E-state index >= 15 is 0 Å². The number of carbonyl (C=O) groups is 1. The van der Waals surface area contributed by atoms with Gasteiger partial charge in [0.1, 0.15) is 11.5 Å². The lowest BCUT2D eigenvalue weighted by atomic mass is 10.1. The first-order valence-electron chi connectivity index (χ1n) is 8.22. The van der Waals surface area contributed by atoms with Gasteiger partial charge in [-0.05, 0) is 54.7 Å². The standard InChI is InChI=1S/C20H24N2O3/c1-15-7-8-17(13-19(15)25-3)14-21-22-20(23)6-4-5-16-9-11-18(24-2)12-10-16/h7-14H,4-6H2,1-3H3,(H,22,23). The zero-order chi connectivity index (χ0) is 18.1. The largest absolute Gasteiger partial charge is 0.497 e. The summed E-state index contributed by atoms with van der Waals surface area (Å²) in [5.74, 6) is 1.54. The van der Waals surface area contributed by atoms with Crippen LogP contribution >= 0.6 is 0 Å². The third kappa shape index (κ3) is 5.95. The van der Waals surface area contributed by atoms with Gasteiger partial charge < -0.3 is 9.47 Å². The van der Waals surface area contributed by atoms with E-state index in [1.807, 2.05) is 49.4 Å². The normalized spacial score (nSPS) is 10.7. The number of hydrazone groups is 1. The molecule has 0 fully saturated rings. The van der Waals surface area contributed by atoms with E-state index < -0.39 is 0 Å². The summed E-state index contributed by atoms with van der Waals surface area (Å²) in [5.41, 5.74) is 5.68. The van der Waals surface area contributed by atoms with Crippen LogP contribution in [0.25, 0.3) is 0 Å². The number of hydrogen-bond donors (Lipinski definition) is 1. The first kappa shape index (κ1) is 18.5. The predicted molar refractivity (Wildman–Crippen MR) is 99.4 cm³/mol. The highest BCUT2D eigenvalue weighted by molar-refractivity contribution is 5.83. The predicted octanol–water partition coefficient (Wildman–Crippen LogP) is 3.49. The number of hydrogen-bond acceptors (Lipinski definition) is 4. The molecule has 0 aliphatic heterocycles. The minimum atomic E-state index is -0.0937. The van der Waals surface area contributed by atoms with Crippen LogP contribution < -0.4 is 14.9 Å². The second-order valence-corrected chi connectivity index (χ2v) is 5.72. The number of nitrogens with zero attached hydrogens (tertiary/aromatic N) is 1. The Hall–Kier alpha value is -2.82. The quantitative estimate of drug-likeness (QED) is 0.591. The van der Waals surface area contributed by atoms with Gasteiger partial charge in [0.15, 0.2) is 0 Å². The number of rotatable bonds is 8. The SMILES string of the molecule is COc1ccc(CCCC(=O)NN=Cc2ccc(C)c(OC)c2)cc1. The Morgan fingerprint density at radius 1 is 1.12 bits per heavy atom. The molecule has 0 aromatic heterocycles. The van der Waals surface area contributed by atoms with Crippen LogP contribution in [0.3, 0.4) is 0 Å². The van der Waals surface area contributed by atoms with Crippen LogP contribution in [0.5, 0.6) is 11.5 Å². The van der Waals surface area contributed by atoms with Crippen molar-refractivity contribution in [2.24, 2.45) is 5.10 Å². The molecule has 5 nitrogen and oxygen atoms in total. The number of aryl methyl sites for hydroxylation is 2. The molecule has 0 atom stereocenters. The van der Waals surface area contributed by atoms with Crippen LogP contribution in [0.4, 0.5) is 0 Å². The zero-order valence-corrected chi connectivity index (χ0v) is 14.9. The Balaban J connectivity index is 1.74. The molecule has 0 bridgehead atoms. The highest BCUT2D eigenvalue weighted by Crippen LogP contribution is 2.17. The Morgan fingerprint density at radius 3 is 2.56 bits per heavy atom. The molecule has 2 aromatic carbocycles. The number of carbonyl (C=O) groups excluding carboxylic acids is 1. The van der Waals surface area contributed by atoms with Gasteiger partial charge >= 0.3 is 0 Å². The van der Waals surface area contributed by atoms with Crippen LogP contribution in [0.1, 0.15) is 29.5 Å². The molecule has 0 spiro atoms. The van der Waals surface area contributed by atoms with Crippen molar-refractivity contribution in [2.45, 2.75) is 26.2 Å². The van der Waals surface area contributed by atoms with Gasteiger partial charge in [-0.3, -0.25) is 4.79 Å². The first-order chi connectivity index (χ1) is 12.1. The first-order valence-corrected chi connectivity index (χ1v) is 8.22. The fourth-order valence-electron chi connectivity index (χ4n) is 2.40. The number of methoxy groups -OCH3 is 2. The van der Waals surface area contributed by atoms with Gasteiger partial charge in [0.25, 0.3) is 0 Å². The maximum atomic E-state index is 11.8. The van der Waals surface area contributed by atoms with Gasteiger partial charge in [-0.2, -0.15) is 5.10 Å². The van der Waals surface area contributed by atoms with E-state index in [9.17, 15) is 4.79 Å². The monoisotopic (exact) mass is 340 g/mol. The summed E-state index contributed by atoms with van der Waals surface area (Å²) >= 11 is 0. The molecule has 0 radical (unpaired) electrons.